The molecule has 118 valence electrons. The van der Waals surface area contributed by atoms with E-state index < -0.39 is 0 Å². The average Bonchev–Trinajstić information content (AvgIpc) is 2.47. The Balaban J connectivity index is 2.16. The number of aromatic nitrogens is 2. The Morgan fingerprint density at radius 3 is 2.52 bits per heavy atom. The van der Waals surface area contributed by atoms with Gasteiger partial charge in [-0.2, -0.15) is 0 Å². The summed E-state index contributed by atoms with van der Waals surface area (Å²) in [5.41, 5.74) is 2.54. The molecule has 0 bridgehead atoms. The molecule has 1 aromatic rings. The Hall–Kier alpha value is -1.40. The fraction of sp³-hybridized carbons (Fsp3) is 0.733. The number of hydrogen-bond donors (Lipinski definition) is 2. The first kappa shape index (κ1) is 16.0. The van der Waals surface area contributed by atoms with E-state index in [0.29, 0.717) is 11.9 Å². The normalized spacial score (nSPS) is 17.1. The molecule has 21 heavy (non-hydrogen) atoms. The molecule has 0 spiro atoms. The Kier molecular flexibility index (Phi) is 5.00. The molecular weight excluding hydrogens is 266 g/mol. The molecule has 3 N–H and O–H groups in total. The summed E-state index contributed by atoms with van der Waals surface area (Å²) in [6.45, 7) is 11.1. The minimum Gasteiger partial charge on any atom is -0.378 e. The van der Waals surface area contributed by atoms with Crippen molar-refractivity contribution in [2.45, 2.75) is 52.1 Å². The van der Waals surface area contributed by atoms with Crippen molar-refractivity contribution in [1.29, 1.82) is 0 Å². The number of nitrogens with zero attached hydrogens (tertiary/aromatic N) is 3. The summed E-state index contributed by atoms with van der Waals surface area (Å²) < 4.78 is 5.70. The highest BCUT2D eigenvalue weighted by atomic mass is 16.5. The molecule has 0 radical (unpaired) electrons. The van der Waals surface area contributed by atoms with Gasteiger partial charge in [0.2, 0.25) is 0 Å². The number of rotatable bonds is 4. The quantitative estimate of drug-likeness (QED) is 0.654. The number of hydrazine groups is 1. The van der Waals surface area contributed by atoms with E-state index in [1.165, 1.54) is 0 Å². The first-order chi connectivity index (χ1) is 9.94. The molecule has 6 nitrogen and oxygen atoms in total. The van der Waals surface area contributed by atoms with Crippen LogP contribution in [-0.4, -0.2) is 35.8 Å². The maximum Gasteiger partial charge on any atom is 0.145 e. The summed E-state index contributed by atoms with van der Waals surface area (Å²) in [5, 5.41) is 0. The third kappa shape index (κ3) is 4.04. The van der Waals surface area contributed by atoms with Crippen LogP contribution in [0.4, 0.5) is 11.6 Å². The number of nitrogen functional groups attached to an aromatic ring is 1. The van der Waals surface area contributed by atoms with Gasteiger partial charge in [-0.1, -0.05) is 20.8 Å². The standard InChI is InChI=1S/C15H27N5O/c1-5-21-11-6-8-20(9-7-11)13-10-12(19-16)17-14(18-13)15(2,3)4/h10-11H,5-9,16H2,1-4H3,(H,17,18,19). The van der Waals surface area contributed by atoms with Crippen LogP contribution in [0, 0.1) is 0 Å². The van der Waals surface area contributed by atoms with Gasteiger partial charge in [0, 0.05) is 31.2 Å². The Morgan fingerprint density at radius 1 is 1.33 bits per heavy atom. The summed E-state index contributed by atoms with van der Waals surface area (Å²) in [4.78, 5) is 11.5. The maximum atomic E-state index is 5.70. The minimum atomic E-state index is -0.106. The molecule has 1 fully saturated rings. The van der Waals surface area contributed by atoms with E-state index in [4.69, 9.17) is 15.6 Å². The molecule has 2 heterocycles. The predicted molar refractivity (Wildman–Crippen MR) is 85.4 cm³/mol. The molecule has 1 aliphatic rings. The largest absolute Gasteiger partial charge is 0.378 e. The molecule has 0 amide bonds. The van der Waals surface area contributed by atoms with E-state index in [1.807, 2.05) is 13.0 Å². The highest BCUT2D eigenvalue weighted by Crippen LogP contribution is 2.26. The van der Waals surface area contributed by atoms with Crippen molar-refractivity contribution in [3.63, 3.8) is 0 Å². The summed E-state index contributed by atoms with van der Waals surface area (Å²) in [6, 6.07) is 1.91. The summed E-state index contributed by atoms with van der Waals surface area (Å²) in [6.07, 6.45) is 2.45. The molecule has 0 unspecified atom stereocenters. The second-order valence-corrected chi connectivity index (χ2v) is 6.47. The molecule has 0 aliphatic carbocycles. The number of nitrogens with one attached hydrogen (secondary N) is 1. The average molecular weight is 293 g/mol. The van der Waals surface area contributed by atoms with Crippen molar-refractivity contribution in [2.75, 3.05) is 30.0 Å². The predicted octanol–water partition coefficient (Wildman–Crippen LogP) is 2.06. The molecule has 0 aromatic carbocycles. The molecular formula is C15H27N5O. The van der Waals surface area contributed by atoms with Gasteiger partial charge in [0.1, 0.15) is 17.5 Å². The van der Waals surface area contributed by atoms with Crippen LogP contribution in [0.5, 0.6) is 0 Å². The van der Waals surface area contributed by atoms with Crippen LogP contribution in [0.3, 0.4) is 0 Å². The smallest absolute Gasteiger partial charge is 0.145 e. The first-order valence-corrected chi connectivity index (χ1v) is 7.66. The highest BCUT2D eigenvalue weighted by Gasteiger charge is 2.24. The van der Waals surface area contributed by atoms with Gasteiger partial charge in [-0.15, -0.1) is 0 Å². The number of nitrogens with two attached hydrogens (primary N) is 1. The fourth-order valence-electron chi connectivity index (χ4n) is 2.49. The van der Waals surface area contributed by atoms with Crippen molar-refractivity contribution in [3.8, 4) is 0 Å². The Morgan fingerprint density at radius 2 is 2.00 bits per heavy atom. The summed E-state index contributed by atoms with van der Waals surface area (Å²) in [7, 11) is 0. The van der Waals surface area contributed by atoms with Gasteiger partial charge in [0.15, 0.2) is 0 Å². The lowest BCUT2D eigenvalue weighted by atomic mass is 9.95. The van der Waals surface area contributed by atoms with Crippen LogP contribution in [0.1, 0.15) is 46.4 Å². The van der Waals surface area contributed by atoms with E-state index in [-0.39, 0.29) is 5.41 Å². The van der Waals surface area contributed by atoms with Gasteiger partial charge in [0.05, 0.1) is 6.10 Å². The maximum absolute atomic E-state index is 5.70. The lowest BCUT2D eigenvalue weighted by Gasteiger charge is -2.33. The zero-order valence-corrected chi connectivity index (χ0v) is 13.5. The molecule has 1 aliphatic heterocycles. The zero-order valence-electron chi connectivity index (χ0n) is 13.5. The van der Waals surface area contributed by atoms with Crippen molar-refractivity contribution in [2.24, 2.45) is 5.84 Å². The third-order valence-electron chi connectivity index (χ3n) is 3.70. The van der Waals surface area contributed by atoms with Crippen molar-refractivity contribution in [1.82, 2.24) is 9.97 Å². The van der Waals surface area contributed by atoms with Crippen LogP contribution in [0.2, 0.25) is 0 Å². The van der Waals surface area contributed by atoms with E-state index in [9.17, 15) is 0 Å². The fourth-order valence-corrected chi connectivity index (χ4v) is 2.49. The van der Waals surface area contributed by atoms with Gasteiger partial charge in [-0.3, -0.25) is 0 Å². The number of hydrogen-bond acceptors (Lipinski definition) is 6. The Labute approximate surface area is 127 Å². The molecule has 0 saturated carbocycles. The first-order valence-electron chi connectivity index (χ1n) is 7.66. The number of anilines is 2. The van der Waals surface area contributed by atoms with Crippen molar-refractivity contribution < 1.29 is 4.74 Å². The van der Waals surface area contributed by atoms with Gasteiger partial charge in [-0.05, 0) is 19.8 Å². The van der Waals surface area contributed by atoms with Crippen LogP contribution in [0.25, 0.3) is 0 Å². The van der Waals surface area contributed by atoms with Crippen LogP contribution < -0.4 is 16.2 Å². The Bertz CT molecular complexity index is 464. The van der Waals surface area contributed by atoms with Crippen LogP contribution in [0.15, 0.2) is 6.07 Å². The molecule has 1 aromatic heterocycles. The van der Waals surface area contributed by atoms with Gasteiger partial charge < -0.3 is 15.1 Å². The van der Waals surface area contributed by atoms with Crippen LogP contribution in [-0.2, 0) is 10.2 Å². The highest BCUT2D eigenvalue weighted by molar-refractivity contribution is 5.49. The summed E-state index contributed by atoms with van der Waals surface area (Å²) in [5.74, 6) is 7.95. The van der Waals surface area contributed by atoms with E-state index >= 15 is 0 Å². The second-order valence-electron chi connectivity index (χ2n) is 6.47. The van der Waals surface area contributed by atoms with E-state index in [2.05, 4.69) is 36.1 Å². The summed E-state index contributed by atoms with van der Waals surface area (Å²) >= 11 is 0. The second kappa shape index (κ2) is 6.58. The molecule has 0 atom stereocenters. The van der Waals surface area contributed by atoms with Gasteiger partial charge in [0.25, 0.3) is 0 Å². The van der Waals surface area contributed by atoms with Crippen LogP contribution >= 0.6 is 0 Å². The van der Waals surface area contributed by atoms with Crippen molar-refractivity contribution >= 4 is 11.6 Å². The monoisotopic (exact) mass is 293 g/mol. The van der Waals surface area contributed by atoms with E-state index in [0.717, 1.165) is 44.2 Å². The molecule has 6 heteroatoms. The minimum absolute atomic E-state index is 0.106. The van der Waals surface area contributed by atoms with E-state index in [1.54, 1.807) is 0 Å². The zero-order chi connectivity index (χ0) is 15.5. The van der Waals surface area contributed by atoms with Crippen molar-refractivity contribution in [3.05, 3.63) is 11.9 Å². The molecule has 1 saturated heterocycles. The molecule has 2 rings (SSSR count). The SMILES string of the molecule is CCOC1CCN(c2cc(NN)nc(C(C)(C)C)n2)CC1. The number of piperidine rings is 1. The number of ether oxygens (including phenoxy) is 1. The van der Waals surface area contributed by atoms with Gasteiger partial charge in [-0.25, -0.2) is 15.8 Å². The lowest BCUT2D eigenvalue weighted by Crippen LogP contribution is -2.38. The van der Waals surface area contributed by atoms with Gasteiger partial charge >= 0.3 is 0 Å². The third-order valence-corrected chi connectivity index (χ3v) is 3.70. The lowest BCUT2D eigenvalue weighted by molar-refractivity contribution is 0.0458. The topological polar surface area (TPSA) is 76.3 Å².